The molecule has 0 saturated carbocycles. The van der Waals surface area contributed by atoms with E-state index in [1.807, 2.05) is 6.07 Å². The molecule has 0 fully saturated rings. The first-order valence-corrected chi connectivity index (χ1v) is 4.66. The zero-order chi connectivity index (χ0) is 9.14. The summed E-state index contributed by atoms with van der Waals surface area (Å²) >= 11 is 3.33. The molecule has 0 aliphatic carbocycles. The highest BCUT2D eigenvalue weighted by atomic mass is 79.9. The van der Waals surface area contributed by atoms with Crippen molar-refractivity contribution in [3.05, 3.63) is 34.3 Å². The van der Waals surface area contributed by atoms with Crippen LogP contribution in [-0.4, -0.2) is 19.0 Å². The fourth-order valence-corrected chi connectivity index (χ4v) is 1.13. The summed E-state index contributed by atoms with van der Waals surface area (Å²) in [5.74, 6) is 0. The van der Waals surface area contributed by atoms with Gasteiger partial charge in [0.2, 0.25) is 0 Å². The molecule has 0 aliphatic heterocycles. The molecule has 1 rings (SSSR count). The van der Waals surface area contributed by atoms with Gasteiger partial charge in [-0.25, -0.2) is 0 Å². The van der Waals surface area contributed by atoms with Crippen LogP contribution in [0.25, 0.3) is 0 Å². The normalized spacial score (nSPS) is 12.8. The summed E-state index contributed by atoms with van der Waals surface area (Å²) in [7, 11) is 4.11. The predicted octanol–water partition coefficient (Wildman–Crippen LogP) is 2.67. The standard InChI is InChI=1S/C10H12BrN/c1-8(12(2)3)9-4-6-10(11)7-5-9/h4,6,8H,1-3H3. The lowest BCUT2D eigenvalue weighted by Gasteiger charge is -2.18. The summed E-state index contributed by atoms with van der Waals surface area (Å²) in [6, 6.07) is 10.6. The lowest BCUT2D eigenvalue weighted by molar-refractivity contribution is 0.321. The molecule has 1 aromatic carbocycles. The Hall–Kier alpha value is -0.520. The third kappa shape index (κ3) is 2.23. The van der Waals surface area contributed by atoms with Crippen LogP contribution < -0.4 is 0 Å². The Morgan fingerprint density at radius 3 is 2.42 bits per heavy atom. The van der Waals surface area contributed by atoms with Gasteiger partial charge in [-0.15, -0.1) is 0 Å². The van der Waals surface area contributed by atoms with Crippen molar-refractivity contribution >= 4 is 15.9 Å². The number of rotatable bonds is 2. The first-order valence-electron chi connectivity index (χ1n) is 3.87. The highest BCUT2D eigenvalue weighted by Gasteiger charge is 2.05. The Morgan fingerprint density at radius 2 is 2.00 bits per heavy atom. The SMILES string of the molecule is CC(c1c#cc(Br)cc1)N(C)C. The first-order chi connectivity index (χ1) is 5.61. The molecule has 0 aromatic heterocycles. The number of halogens is 1. The molecule has 0 bridgehead atoms. The van der Waals surface area contributed by atoms with Crippen LogP contribution in [0, 0.1) is 12.1 Å². The summed E-state index contributed by atoms with van der Waals surface area (Å²) in [5.41, 5.74) is 1.17. The van der Waals surface area contributed by atoms with Gasteiger partial charge in [0.25, 0.3) is 0 Å². The summed E-state index contributed by atoms with van der Waals surface area (Å²) < 4.78 is 0.956. The summed E-state index contributed by atoms with van der Waals surface area (Å²) in [6.07, 6.45) is 0. The molecule has 0 N–H and O–H groups in total. The Morgan fingerprint density at radius 1 is 1.33 bits per heavy atom. The van der Waals surface area contributed by atoms with Crippen LogP contribution in [0.1, 0.15) is 18.5 Å². The number of nitrogens with zero attached hydrogens (tertiary/aromatic N) is 1. The van der Waals surface area contributed by atoms with Gasteiger partial charge in [-0.3, -0.25) is 0 Å². The van der Waals surface area contributed by atoms with E-state index in [1.165, 1.54) is 5.56 Å². The fourth-order valence-electron chi connectivity index (χ4n) is 0.900. The minimum atomic E-state index is 0.398. The molecule has 0 radical (unpaired) electrons. The van der Waals surface area contributed by atoms with E-state index >= 15 is 0 Å². The van der Waals surface area contributed by atoms with E-state index in [1.54, 1.807) is 0 Å². The summed E-state index contributed by atoms with van der Waals surface area (Å²) in [6.45, 7) is 2.15. The zero-order valence-corrected chi connectivity index (χ0v) is 9.14. The van der Waals surface area contributed by atoms with Crippen LogP contribution in [0.5, 0.6) is 0 Å². The van der Waals surface area contributed by atoms with Gasteiger partial charge in [0.1, 0.15) is 0 Å². The minimum absolute atomic E-state index is 0.398. The van der Waals surface area contributed by atoms with Crippen LogP contribution in [0.3, 0.4) is 0 Å². The van der Waals surface area contributed by atoms with E-state index in [0.29, 0.717) is 6.04 Å². The molecule has 1 aromatic rings. The maximum absolute atomic E-state index is 3.33. The molecule has 2 heteroatoms. The average molecular weight is 226 g/mol. The molecule has 0 spiro atoms. The first kappa shape index (κ1) is 9.57. The van der Waals surface area contributed by atoms with Crippen LogP contribution in [0.2, 0.25) is 0 Å². The second-order valence-corrected chi connectivity index (χ2v) is 3.88. The van der Waals surface area contributed by atoms with Crippen LogP contribution in [-0.2, 0) is 0 Å². The van der Waals surface area contributed by atoms with Crippen LogP contribution in [0.4, 0.5) is 0 Å². The van der Waals surface area contributed by atoms with Crippen molar-refractivity contribution in [3.8, 4) is 0 Å². The average Bonchev–Trinajstić information content (AvgIpc) is 2.04. The van der Waals surface area contributed by atoms with Crippen molar-refractivity contribution in [2.24, 2.45) is 0 Å². The monoisotopic (exact) mass is 225 g/mol. The van der Waals surface area contributed by atoms with Crippen molar-refractivity contribution in [2.75, 3.05) is 14.1 Å². The second kappa shape index (κ2) is 3.93. The van der Waals surface area contributed by atoms with Gasteiger partial charge in [0.15, 0.2) is 0 Å². The highest BCUT2D eigenvalue weighted by molar-refractivity contribution is 9.10. The van der Waals surface area contributed by atoms with Crippen molar-refractivity contribution in [3.63, 3.8) is 0 Å². The molecular formula is C10H12BrN. The Balaban J connectivity index is 2.82. The van der Waals surface area contributed by atoms with Crippen molar-refractivity contribution in [1.29, 1.82) is 0 Å². The van der Waals surface area contributed by atoms with Gasteiger partial charge in [-0.05, 0) is 49.1 Å². The third-order valence-corrected chi connectivity index (χ3v) is 2.42. The molecule has 64 valence electrons. The molecule has 1 unspecified atom stereocenters. The van der Waals surface area contributed by atoms with Gasteiger partial charge in [0.05, 0.1) is 4.47 Å². The van der Waals surface area contributed by atoms with Crippen molar-refractivity contribution in [2.45, 2.75) is 13.0 Å². The van der Waals surface area contributed by atoms with Crippen molar-refractivity contribution in [1.82, 2.24) is 4.90 Å². The number of hydrogen-bond acceptors (Lipinski definition) is 1. The zero-order valence-electron chi connectivity index (χ0n) is 7.56. The van der Waals surface area contributed by atoms with Crippen molar-refractivity contribution < 1.29 is 0 Å². The molecule has 0 heterocycles. The molecule has 1 nitrogen and oxygen atoms in total. The van der Waals surface area contributed by atoms with E-state index in [9.17, 15) is 0 Å². The third-order valence-electron chi connectivity index (χ3n) is 1.96. The topological polar surface area (TPSA) is 3.24 Å². The lowest BCUT2D eigenvalue weighted by Crippen LogP contribution is -2.16. The van der Waals surface area contributed by atoms with Crippen LogP contribution >= 0.6 is 15.9 Å². The number of hydrogen-bond donors (Lipinski definition) is 0. The molecule has 12 heavy (non-hydrogen) atoms. The summed E-state index contributed by atoms with van der Waals surface area (Å²) in [4.78, 5) is 2.15. The van der Waals surface area contributed by atoms with E-state index < -0.39 is 0 Å². The quantitative estimate of drug-likeness (QED) is 0.749. The molecule has 0 aliphatic rings. The van der Waals surface area contributed by atoms with Gasteiger partial charge in [-0.1, -0.05) is 12.1 Å². The van der Waals surface area contributed by atoms with Gasteiger partial charge >= 0.3 is 0 Å². The fraction of sp³-hybridized carbons (Fsp3) is 0.400. The Bertz CT molecular complexity index is 241. The minimum Gasteiger partial charge on any atom is -0.302 e. The maximum atomic E-state index is 3.33. The molecule has 1 atom stereocenters. The second-order valence-electron chi connectivity index (χ2n) is 3.03. The summed E-state index contributed by atoms with van der Waals surface area (Å²) in [5, 5.41) is 0. The van der Waals surface area contributed by atoms with Gasteiger partial charge in [-0.2, -0.15) is 0 Å². The maximum Gasteiger partial charge on any atom is 0.0678 e. The van der Waals surface area contributed by atoms with E-state index in [2.05, 4.69) is 60.0 Å². The van der Waals surface area contributed by atoms with E-state index in [0.717, 1.165) is 4.47 Å². The Kier molecular flexibility index (Phi) is 3.13. The largest absolute Gasteiger partial charge is 0.302 e. The van der Waals surface area contributed by atoms with Gasteiger partial charge < -0.3 is 4.90 Å². The van der Waals surface area contributed by atoms with Crippen LogP contribution in [0.15, 0.2) is 16.6 Å². The molecule has 0 amide bonds. The molecular weight excluding hydrogens is 214 g/mol. The highest BCUT2D eigenvalue weighted by Crippen LogP contribution is 2.15. The smallest absolute Gasteiger partial charge is 0.0678 e. The Labute approximate surface area is 82.5 Å². The van der Waals surface area contributed by atoms with E-state index in [-0.39, 0.29) is 0 Å². The lowest BCUT2D eigenvalue weighted by atomic mass is 10.1. The van der Waals surface area contributed by atoms with Gasteiger partial charge in [0, 0.05) is 11.6 Å². The van der Waals surface area contributed by atoms with E-state index in [4.69, 9.17) is 0 Å². The molecule has 0 saturated heterocycles. The predicted molar refractivity (Wildman–Crippen MR) is 53.9 cm³/mol.